The Kier molecular flexibility index (Phi) is 5.26. The van der Waals surface area contributed by atoms with E-state index < -0.39 is 6.10 Å². The predicted octanol–water partition coefficient (Wildman–Crippen LogP) is 2.32. The van der Waals surface area contributed by atoms with Gasteiger partial charge in [-0.15, -0.1) is 0 Å². The Bertz CT molecular complexity index is 932. The fraction of sp³-hybridized carbons (Fsp3) is 0.583. The zero-order valence-electron chi connectivity index (χ0n) is 18.1. The van der Waals surface area contributed by atoms with Crippen molar-refractivity contribution >= 4 is 11.9 Å². The van der Waals surface area contributed by atoms with Gasteiger partial charge in [-0.1, -0.05) is 6.07 Å². The lowest BCUT2D eigenvalue weighted by molar-refractivity contribution is -0.135. The largest absolute Gasteiger partial charge is 0.457 e. The molecule has 5 rings (SSSR count). The zero-order valence-corrected chi connectivity index (χ0v) is 18.1. The Morgan fingerprint density at radius 1 is 1.10 bits per heavy atom. The molecule has 2 saturated heterocycles. The van der Waals surface area contributed by atoms with Crippen LogP contribution in [0.4, 0.5) is 0 Å². The van der Waals surface area contributed by atoms with Gasteiger partial charge in [-0.25, -0.2) is 9.59 Å². The van der Waals surface area contributed by atoms with Crippen molar-refractivity contribution in [2.75, 3.05) is 39.3 Å². The van der Waals surface area contributed by atoms with E-state index in [4.69, 9.17) is 9.47 Å². The maximum Gasteiger partial charge on any atom is 0.338 e. The van der Waals surface area contributed by atoms with E-state index in [-0.39, 0.29) is 17.4 Å². The Morgan fingerprint density at radius 3 is 2.65 bits per heavy atom. The quantitative estimate of drug-likeness (QED) is 0.740. The summed E-state index contributed by atoms with van der Waals surface area (Å²) in [5.74, 6) is -0.498. The number of hydrogen-bond donors (Lipinski definition) is 1. The Balaban J connectivity index is 1.20. The molecule has 0 bridgehead atoms. The van der Waals surface area contributed by atoms with Gasteiger partial charge in [-0.3, -0.25) is 0 Å². The molecule has 7 heteroatoms. The molecule has 0 amide bonds. The van der Waals surface area contributed by atoms with Gasteiger partial charge in [0.1, 0.15) is 13.2 Å². The molecule has 4 aliphatic heterocycles. The number of piperidine rings is 2. The number of benzene rings is 1. The molecule has 1 N–H and O–H groups in total. The van der Waals surface area contributed by atoms with Crippen molar-refractivity contribution in [3.63, 3.8) is 0 Å². The molecule has 0 aliphatic carbocycles. The molecule has 1 aromatic carbocycles. The Morgan fingerprint density at radius 2 is 1.90 bits per heavy atom. The second kappa shape index (κ2) is 7.95. The molecule has 1 atom stereocenters. The van der Waals surface area contributed by atoms with Crippen molar-refractivity contribution in [2.45, 2.75) is 45.3 Å². The van der Waals surface area contributed by atoms with Crippen LogP contribution in [0.2, 0.25) is 0 Å². The number of nitrogens with zero attached hydrogens (tertiary/aromatic N) is 2. The number of aliphatic hydroxyl groups excluding tert-OH is 1. The van der Waals surface area contributed by atoms with Gasteiger partial charge in [0.05, 0.1) is 17.4 Å². The van der Waals surface area contributed by atoms with Crippen LogP contribution in [0.3, 0.4) is 0 Å². The number of carbonyl (C=O) groups is 2. The van der Waals surface area contributed by atoms with E-state index in [1.165, 1.54) is 6.42 Å². The van der Waals surface area contributed by atoms with Gasteiger partial charge >= 0.3 is 11.9 Å². The van der Waals surface area contributed by atoms with Gasteiger partial charge in [0.15, 0.2) is 0 Å². The average Bonchev–Trinajstić information content (AvgIpc) is 3.37. The predicted molar refractivity (Wildman–Crippen MR) is 113 cm³/mol. The van der Waals surface area contributed by atoms with Crippen LogP contribution >= 0.6 is 0 Å². The molecule has 0 radical (unpaired) electrons. The van der Waals surface area contributed by atoms with E-state index in [0.717, 1.165) is 67.8 Å². The van der Waals surface area contributed by atoms with E-state index in [1.807, 2.05) is 13.0 Å². The van der Waals surface area contributed by atoms with E-state index >= 15 is 0 Å². The minimum atomic E-state index is -0.579. The van der Waals surface area contributed by atoms with E-state index in [2.05, 4.69) is 9.80 Å². The zero-order chi connectivity index (χ0) is 21.6. The molecule has 166 valence electrons. The second-order valence-corrected chi connectivity index (χ2v) is 9.47. The molecular formula is C24H30N2O5. The van der Waals surface area contributed by atoms with Crippen LogP contribution in [0.1, 0.15) is 58.8 Å². The summed E-state index contributed by atoms with van der Waals surface area (Å²) in [6, 6.07) is 3.65. The molecule has 1 aromatic rings. The number of cyclic esters (lactones) is 2. The standard InChI is InChI=1S/C24H30N2O5/c1-16-18(3-4-19-20(16)14-31-23(19)29)21(27)12-25-9-6-24(7-10-25)5-2-8-26(15-24)17-11-22(28)30-13-17/h3-4,11,21,27H,2,5-10,12-15H2,1H3/t21-/m0/s1. The number of esters is 2. The molecule has 2 fully saturated rings. The average molecular weight is 427 g/mol. The lowest BCUT2D eigenvalue weighted by Crippen LogP contribution is -2.49. The number of ether oxygens (including phenoxy) is 2. The van der Waals surface area contributed by atoms with Crippen molar-refractivity contribution < 1.29 is 24.2 Å². The van der Waals surface area contributed by atoms with Gasteiger partial charge < -0.3 is 24.4 Å². The van der Waals surface area contributed by atoms with Crippen molar-refractivity contribution in [1.82, 2.24) is 9.80 Å². The highest BCUT2D eigenvalue weighted by Crippen LogP contribution is 2.41. The number of aliphatic hydroxyl groups is 1. The highest BCUT2D eigenvalue weighted by atomic mass is 16.5. The van der Waals surface area contributed by atoms with Gasteiger partial charge in [0.25, 0.3) is 0 Å². The van der Waals surface area contributed by atoms with Gasteiger partial charge in [-0.05, 0) is 68.3 Å². The maximum atomic E-state index is 11.8. The fourth-order valence-corrected chi connectivity index (χ4v) is 5.69. The Labute approximate surface area is 182 Å². The number of carbonyl (C=O) groups excluding carboxylic acids is 2. The smallest absolute Gasteiger partial charge is 0.338 e. The summed E-state index contributed by atoms with van der Waals surface area (Å²) < 4.78 is 10.2. The molecule has 4 heterocycles. The molecule has 0 unspecified atom stereocenters. The minimum Gasteiger partial charge on any atom is -0.457 e. The van der Waals surface area contributed by atoms with E-state index in [0.29, 0.717) is 25.3 Å². The lowest BCUT2D eigenvalue weighted by atomic mass is 9.72. The number of fused-ring (bicyclic) bond motifs is 1. The minimum absolute atomic E-state index is 0.226. The normalized spacial score (nSPS) is 24.1. The second-order valence-electron chi connectivity index (χ2n) is 9.47. The van der Waals surface area contributed by atoms with Crippen LogP contribution in [-0.4, -0.2) is 66.2 Å². The van der Waals surface area contributed by atoms with Crippen LogP contribution < -0.4 is 0 Å². The van der Waals surface area contributed by atoms with E-state index in [1.54, 1.807) is 12.1 Å². The summed E-state index contributed by atoms with van der Waals surface area (Å²) in [4.78, 5) is 27.9. The molecule has 0 saturated carbocycles. The van der Waals surface area contributed by atoms with Crippen LogP contribution in [0.15, 0.2) is 23.9 Å². The molecule has 0 aromatic heterocycles. The highest BCUT2D eigenvalue weighted by molar-refractivity contribution is 5.94. The number of likely N-dealkylation sites (tertiary alicyclic amines) is 2. The number of hydrogen-bond acceptors (Lipinski definition) is 7. The number of rotatable bonds is 4. The van der Waals surface area contributed by atoms with Gasteiger partial charge in [0, 0.05) is 31.3 Å². The van der Waals surface area contributed by atoms with Crippen LogP contribution in [-0.2, 0) is 20.9 Å². The molecule has 31 heavy (non-hydrogen) atoms. The third-order valence-electron chi connectivity index (χ3n) is 7.63. The molecule has 1 spiro atoms. The summed E-state index contributed by atoms with van der Waals surface area (Å²) in [7, 11) is 0. The topological polar surface area (TPSA) is 79.3 Å². The fourth-order valence-electron chi connectivity index (χ4n) is 5.69. The SMILES string of the molecule is Cc1c([C@@H](O)CN2CCC3(CCCN(C4=CC(=O)OC4)C3)CC2)ccc2c1COC2=O. The molecular weight excluding hydrogens is 396 g/mol. The summed E-state index contributed by atoms with van der Waals surface area (Å²) in [6.07, 6.45) is 5.63. The Hall–Kier alpha value is -2.38. The third kappa shape index (κ3) is 3.85. The van der Waals surface area contributed by atoms with Crippen molar-refractivity contribution in [3.05, 3.63) is 46.2 Å². The summed E-state index contributed by atoms with van der Waals surface area (Å²) in [6.45, 7) is 7.19. The first kappa shape index (κ1) is 20.5. The number of β-amino-alcohol motifs (C(OH)–C–C–N with tert-alkyl or cyclic N) is 1. The maximum absolute atomic E-state index is 11.8. The summed E-state index contributed by atoms with van der Waals surface area (Å²) >= 11 is 0. The van der Waals surface area contributed by atoms with Gasteiger partial charge in [-0.2, -0.15) is 0 Å². The van der Waals surface area contributed by atoms with E-state index in [9.17, 15) is 14.7 Å². The monoisotopic (exact) mass is 426 g/mol. The van der Waals surface area contributed by atoms with Crippen LogP contribution in [0, 0.1) is 12.3 Å². The third-order valence-corrected chi connectivity index (χ3v) is 7.63. The van der Waals surface area contributed by atoms with Gasteiger partial charge in [0.2, 0.25) is 0 Å². The lowest BCUT2D eigenvalue weighted by Gasteiger charge is -2.48. The van der Waals surface area contributed by atoms with Crippen LogP contribution in [0.25, 0.3) is 0 Å². The van der Waals surface area contributed by atoms with Crippen molar-refractivity contribution in [1.29, 1.82) is 0 Å². The molecule has 7 nitrogen and oxygen atoms in total. The first-order valence-corrected chi connectivity index (χ1v) is 11.3. The highest BCUT2D eigenvalue weighted by Gasteiger charge is 2.40. The first-order chi connectivity index (χ1) is 14.9. The van der Waals surface area contributed by atoms with Crippen molar-refractivity contribution in [2.24, 2.45) is 5.41 Å². The van der Waals surface area contributed by atoms with Crippen LogP contribution in [0.5, 0.6) is 0 Å². The summed E-state index contributed by atoms with van der Waals surface area (Å²) in [5, 5.41) is 10.9. The summed E-state index contributed by atoms with van der Waals surface area (Å²) in [5.41, 5.74) is 4.70. The molecule has 4 aliphatic rings. The first-order valence-electron chi connectivity index (χ1n) is 11.3. The van der Waals surface area contributed by atoms with Crippen molar-refractivity contribution in [3.8, 4) is 0 Å².